The van der Waals surface area contributed by atoms with Crippen molar-refractivity contribution in [2.24, 2.45) is 0 Å². The summed E-state index contributed by atoms with van der Waals surface area (Å²) < 4.78 is 4.27. The number of esters is 1. The van der Waals surface area contributed by atoms with Crippen molar-refractivity contribution in [3.63, 3.8) is 0 Å². The summed E-state index contributed by atoms with van der Waals surface area (Å²) >= 11 is 0. The third-order valence-corrected chi connectivity index (χ3v) is 1.42. The van der Waals surface area contributed by atoms with E-state index < -0.39 is 36.3 Å². The maximum atomic E-state index is 10.5. The van der Waals surface area contributed by atoms with Crippen molar-refractivity contribution in [1.82, 2.24) is 0 Å². The highest BCUT2D eigenvalue weighted by molar-refractivity contribution is 5.81. The van der Waals surface area contributed by atoms with Crippen LogP contribution in [0.2, 0.25) is 0 Å². The zero-order valence-corrected chi connectivity index (χ0v) is 5.97. The average molecular weight is 176 g/mol. The summed E-state index contributed by atoms with van der Waals surface area (Å²) in [5, 5.41) is 35.1. The van der Waals surface area contributed by atoms with E-state index in [1.165, 1.54) is 0 Å². The molecule has 1 aliphatic heterocycles. The van der Waals surface area contributed by atoms with Gasteiger partial charge in [0.15, 0.2) is 11.5 Å². The summed E-state index contributed by atoms with van der Waals surface area (Å²) in [4.78, 5) is 10.5. The molecule has 1 heterocycles. The van der Waals surface area contributed by atoms with E-state index in [-0.39, 0.29) is 0 Å². The van der Waals surface area contributed by atoms with Gasteiger partial charge in [0.05, 0.1) is 6.61 Å². The van der Waals surface area contributed by atoms with E-state index >= 15 is 0 Å². The minimum atomic E-state index is -1.75. The number of cyclic esters (lactones) is 1. The molecular weight excluding hydrogens is 168 g/mol. The summed E-state index contributed by atoms with van der Waals surface area (Å²) in [6, 6.07) is 0. The van der Waals surface area contributed by atoms with Crippen LogP contribution in [0.15, 0.2) is 11.5 Å². The Hall–Kier alpha value is -1.11. The van der Waals surface area contributed by atoms with E-state index in [1.807, 2.05) is 0 Å². The van der Waals surface area contributed by atoms with Crippen LogP contribution in [0.1, 0.15) is 0 Å². The summed E-state index contributed by atoms with van der Waals surface area (Å²) in [5.41, 5.74) is 0. The second-order valence-electron chi connectivity index (χ2n) is 2.27. The highest BCUT2D eigenvalue weighted by Gasteiger charge is 2.37. The Labute approximate surface area is 67.3 Å². The van der Waals surface area contributed by atoms with E-state index in [2.05, 4.69) is 4.74 Å². The van der Waals surface area contributed by atoms with Gasteiger partial charge in [-0.15, -0.1) is 0 Å². The highest BCUT2D eigenvalue weighted by atomic mass is 16.6. The van der Waals surface area contributed by atoms with Crippen LogP contribution in [-0.4, -0.2) is 45.2 Å². The van der Waals surface area contributed by atoms with Gasteiger partial charge in [0.2, 0.25) is 6.10 Å². The summed E-state index contributed by atoms with van der Waals surface area (Å²) in [7, 11) is 0. The number of carbonyl (C=O) groups excluding carboxylic acids is 1. The van der Waals surface area contributed by atoms with Crippen LogP contribution in [0.3, 0.4) is 0 Å². The van der Waals surface area contributed by atoms with E-state index in [0.29, 0.717) is 0 Å². The van der Waals surface area contributed by atoms with Crippen LogP contribution >= 0.6 is 0 Å². The van der Waals surface area contributed by atoms with Gasteiger partial charge in [0.25, 0.3) is 0 Å². The zero-order chi connectivity index (χ0) is 9.30. The predicted molar refractivity (Wildman–Crippen MR) is 34.8 cm³/mol. The summed E-state index contributed by atoms with van der Waals surface area (Å²) in [6.07, 6.45) is -3.23. The first kappa shape index (κ1) is 8.98. The molecule has 1 aliphatic rings. The van der Waals surface area contributed by atoms with Crippen LogP contribution in [0.25, 0.3) is 0 Å². The molecule has 0 spiro atoms. The Morgan fingerprint density at radius 2 is 2.17 bits per heavy atom. The van der Waals surface area contributed by atoms with Crippen molar-refractivity contribution in [1.29, 1.82) is 0 Å². The van der Waals surface area contributed by atoms with Gasteiger partial charge < -0.3 is 25.2 Å². The van der Waals surface area contributed by atoms with Crippen LogP contribution < -0.4 is 0 Å². The zero-order valence-electron chi connectivity index (χ0n) is 5.97. The predicted octanol–water partition coefficient (Wildman–Crippen LogP) is -1.97. The Bertz CT molecular complexity index is 232. The van der Waals surface area contributed by atoms with E-state index in [0.717, 1.165) is 0 Å². The van der Waals surface area contributed by atoms with Gasteiger partial charge in [-0.1, -0.05) is 0 Å². The highest BCUT2D eigenvalue weighted by Crippen LogP contribution is 2.21. The molecule has 12 heavy (non-hydrogen) atoms. The first-order chi connectivity index (χ1) is 5.57. The fourth-order valence-electron chi connectivity index (χ4n) is 0.784. The van der Waals surface area contributed by atoms with Crippen molar-refractivity contribution in [3.05, 3.63) is 11.5 Å². The minimum absolute atomic E-state index is 0.491. The lowest BCUT2D eigenvalue weighted by atomic mass is 10.2. The lowest BCUT2D eigenvalue weighted by molar-refractivity contribution is -0.145. The summed E-state index contributed by atoms with van der Waals surface area (Å²) in [6.45, 7) is -0.695. The molecule has 6 heteroatoms. The fraction of sp³-hybridized carbons (Fsp3) is 0.500. The lowest BCUT2D eigenvalue weighted by Crippen LogP contribution is -2.17. The molecule has 1 rings (SSSR count). The van der Waals surface area contributed by atoms with Crippen molar-refractivity contribution in [3.8, 4) is 0 Å². The first-order valence-corrected chi connectivity index (χ1v) is 3.19. The van der Waals surface area contributed by atoms with Gasteiger partial charge in [-0.2, -0.15) is 0 Å². The molecule has 0 bridgehead atoms. The lowest BCUT2D eigenvalue weighted by Gasteiger charge is -2.06. The standard InChI is InChI=1S/C6H8O6/c7-1-2(8)5-3(9)4(10)6(11)12-5/h2,4,7-10H,1H2. The van der Waals surface area contributed by atoms with Gasteiger partial charge in [0, 0.05) is 0 Å². The molecule has 0 fully saturated rings. The number of hydrogen-bond donors (Lipinski definition) is 4. The van der Waals surface area contributed by atoms with Crippen molar-refractivity contribution in [2.75, 3.05) is 6.61 Å². The molecule has 4 N–H and O–H groups in total. The van der Waals surface area contributed by atoms with E-state index in [1.54, 1.807) is 0 Å². The van der Waals surface area contributed by atoms with Crippen LogP contribution in [0.4, 0.5) is 0 Å². The monoisotopic (exact) mass is 176 g/mol. The fourth-order valence-corrected chi connectivity index (χ4v) is 0.784. The molecule has 2 unspecified atom stereocenters. The second-order valence-corrected chi connectivity index (χ2v) is 2.27. The molecule has 0 aliphatic carbocycles. The molecule has 0 saturated heterocycles. The maximum absolute atomic E-state index is 10.5. The van der Waals surface area contributed by atoms with Crippen LogP contribution in [0.5, 0.6) is 0 Å². The molecular formula is C6H8O6. The molecule has 0 radical (unpaired) electrons. The van der Waals surface area contributed by atoms with Gasteiger partial charge >= 0.3 is 5.97 Å². The van der Waals surface area contributed by atoms with Gasteiger partial charge in [-0.05, 0) is 0 Å². The number of rotatable bonds is 2. The molecule has 0 aromatic heterocycles. The molecule has 0 aromatic rings. The third kappa shape index (κ3) is 1.27. The maximum Gasteiger partial charge on any atom is 0.348 e. The van der Waals surface area contributed by atoms with Crippen LogP contribution in [-0.2, 0) is 9.53 Å². The second kappa shape index (κ2) is 3.10. The number of ether oxygens (including phenoxy) is 1. The molecule has 6 nitrogen and oxygen atoms in total. The molecule has 0 aromatic carbocycles. The smallest absolute Gasteiger partial charge is 0.348 e. The SMILES string of the molecule is O=C1OC(C(O)CO)=C(O)C1O. The van der Waals surface area contributed by atoms with Gasteiger partial charge in [-0.3, -0.25) is 0 Å². The Balaban J connectivity index is 2.84. The van der Waals surface area contributed by atoms with Crippen LogP contribution in [0, 0.1) is 0 Å². The Morgan fingerprint density at radius 1 is 1.58 bits per heavy atom. The molecule has 2 atom stereocenters. The van der Waals surface area contributed by atoms with Crippen molar-refractivity contribution < 1.29 is 30.0 Å². The van der Waals surface area contributed by atoms with Gasteiger partial charge in [-0.25, -0.2) is 4.79 Å². The third-order valence-electron chi connectivity index (χ3n) is 1.42. The minimum Gasteiger partial charge on any atom is -0.506 e. The largest absolute Gasteiger partial charge is 0.506 e. The molecule has 0 amide bonds. The normalized spacial score (nSPS) is 25.9. The average Bonchev–Trinajstić information content (AvgIpc) is 2.32. The number of aliphatic hydroxyl groups excluding tert-OH is 4. The quantitative estimate of drug-likeness (QED) is 0.363. The number of aliphatic hydroxyl groups is 4. The Morgan fingerprint density at radius 3 is 2.50 bits per heavy atom. The molecule has 0 saturated carbocycles. The number of hydrogen-bond acceptors (Lipinski definition) is 6. The number of carbonyl (C=O) groups is 1. The molecule has 68 valence electrons. The van der Waals surface area contributed by atoms with Crippen molar-refractivity contribution in [2.45, 2.75) is 12.2 Å². The van der Waals surface area contributed by atoms with Gasteiger partial charge in [0.1, 0.15) is 6.10 Å². The van der Waals surface area contributed by atoms with E-state index in [4.69, 9.17) is 20.4 Å². The topological polar surface area (TPSA) is 107 Å². The van der Waals surface area contributed by atoms with Crippen molar-refractivity contribution >= 4 is 5.97 Å². The van der Waals surface area contributed by atoms with E-state index in [9.17, 15) is 4.79 Å². The first-order valence-electron chi connectivity index (χ1n) is 3.19. The Kier molecular flexibility index (Phi) is 2.32. The summed E-state index contributed by atoms with van der Waals surface area (Å²) in [5.74, 6) is -2.30.